The van der Waals surface area contributed by atoms with Crippen molar-refractivity contribution < 1.29 is 5.11 Å². The molecule has 2 nitrogen and oxygen atoms in total. The summed E-state index contributed by atoms with van der Waals surface area (Å²) >= 11 is 0. The first-order chi connectivity index (χ1) is 8.33. The van der Waals surface area contributed by atoms with Crippen LogP contribution >= 0.6 is 0 Å². The third-order valence-corrected chi connectivity index (χ3v) is 3.70. The van der Waals surface area contributed by atoms with Gasteiger partial charge in [-0.05, 0) is 37.9 Å². The molecule has 0 aromatic heterocycles. The first kappa shape index (κ1) is 12.6. The Morgan fingerprint density at radius 2 is 1.82 bits per heavy atom. The van der Waals surface area contributed by atoms with Crippen LogP contribution in [0.25, 0.3) is 0 Å². The van der Waals surface area contributed by atoms with E-state index >= 15 is 0 Å². The zero-order valence-electron chi connectivity index (χ0n) is 10.7. The first-order valence-electron chi connectivity index (χ1n) is 6.80. The molecule has 1 saturated heterocycles. The largest absolute Gasteiger partial charge is 0.387 e. The molecule has 1 heterocycles. The Balaban J connectivity index is 2.09. The van der Waals surface area contributed by atoms with Gasteiger partial charge in [0.05, 0.1) is 6.10 Å². The molecular weight excluding hydrogens is 210 g/mol. The van der Waals surface area contributed by atoms with Crippen molar-refractivity contribution in [2.24, 2.45) is 0 Å². The van der Waals surface area contributed by atoms with Crippen LogP contribution in [-0.2, 0) is 0 Å². The lowest BCUT2D eigenvalue weighted by Crippen LogP contribution is -2.37. The van der Waals surface area contributed by atoms with Gasteiger partial charge in [0.15, 0.2) is 0 Å². The van der Waals surface area contributed by atoms with Crippen molar-refractivity contribution in [1.82, 2.24) is 4.90 Å². The Kier molecular flexibility index (Phi) is 4.57. The number of aliphatic hydroxyl groups excluding tert-OH is 1. The second-order valence-corrected chi connectivity index (χ2v) is 4.95. The van der Waals surface area contributed by atoms with Gasteiger partial charge in [-0.25, -0.2) is 0 Å². The van der Waals surface area contributed by atoms with Crippen molar-refractivity contribution >= 4 is 0 Å². The molecule has 0 unspecified atom stereocenters. The van der Waals surface area contributed by atoms with Gasteiger partial charge >= 0.3 is 0 Å². The molecule has 2 rings (SSSR count). The van der Waals surface area contributed by atoms with Gasteiger partial charge in [-0.1, -0.05) is 43.7 Å². The van der Waals surface area contributed by atoms with Crippen molar-refractivity contribution in [3.63, 3.8) is 0 Å². The number of aliphatic hydroxyl groups is 1. The normalized spacial score (nSPS) is 20.4. The van der Waals surface area contributed by atoms with Crippen LogP contribution in [0.3, 0.4) is 0 Å². The number of hydrogen-bond donors (Lipinski definition) is 1. The lowest BCUT2D eigenvalue weighted by atomic mass is 9.97. The predicted octanol–water partition coefficient (Wildman–Crippen LogP) is 2.98. The van der Waals surface area contributed by atoms with E-state index in [1.807, 2.05) is 30.3 Å². The Hall–Kier alpha value is -0.860. The van der Waals surface area contributed by atoms with Crippen molar-refractivity contribution in [1.29, 1.82) is 0 Å². The van der Waals surface area contributed by atoms with E-state index in [9.17, 15) is 5.11 Å². The molecule has 0 bridgehead atoms. The molecule has 1 aromatic carbocycles. The molecule has 2 heteroatoms. The molecule has 17 heavy (non-hydrogen) atoms. The van der Waals surface area contributed by atoms with E-state index in [2.05, 4.69) is 11.8 Å². The smallest absolute Gasteiger partial charge is 0.0945 e. The molecule has 1 fully saturated rings. The monoisotopic (exact) mass is 233 g/mol. The van der Waals surface area contributed by atoms with E-state index in [1.165, 1.54) is 12.8 Å². The summed E-state index contributed by atoms with van der Waals surface area (Å²) in [5, 5.41) is 10.5. The second-order valence-electron chi connectivity index (χ2n) is 4.95. The van der Waals surface area contributed by atoms with Crippen LogP contribution in [-0.4, -0.2) is 29.1 Å². The summed E-state index contributed by atoms with van der Waals surface area (Å²) in [6.45, 7) is 4.49. The molecule has 2 atom stereocenters. The lowest BCUT2D eigenvalue weighted by Gasteiger charge is -2.31. The molecule has 0 radical (unpaired) electrons. The molecule has 0 amide bonds. The number of benzene rings is 1. The van der Waals surface area contributed by atoms with Crippen LogP contribution in [0.5, 0.6) is 0 Å². The van der Waals surface area contributed by atoms with Crippen LogP contribution in [0.15, 0.2) is 30.3 Å². The fourth-order valence-corrected chi connectivity index (χ4v) is 2.78. The van der Waals surface area contributed by atoms with E-state index < -0.39 is 0 Å². The SMILES string of the molecule is CCC[C@H]([C@H](O)c1ccccc1)N1CCCC1. The minimum Gasteiger partial charge on any atom is -0.387 e. The van der Waals surface area contributed by atoms with E-state index in [4.69, 9.17) is 0 Å². The Labute approximate surface area is 104 Å². The third-order valence-electron chi connectivity index (χ3n) is 3.70. The highest BCUT2D eigenvalue weighted by Gasteiger charge is 2.28. The van der Waals surface area contributed by atoms with Crippen LogP contribution < -0.4 is 0 Å². The van der Waals surface area contributed by atoms with Gasteiger partial charge in [-0.2, -0.15) is 0 Å². The Morgan fingerprint density at radius 3 is 2.41 bits per heavy atom. The van der Waals surface area contributed by atoms with Crippen LogP contribution in [0, 0.1) is 0 Å². The number of likely N-dealkylation sites (tertiary alicyclic amines) is 1. The summed E-state index contributed by atoms with van der Waals surface area (Å²) in [5.74, 6) is 0. The average molecular weight is 233 g/mol. The Bertz CT molecular complexity index is 319. The zero-order valence-corrected chi connectivity index (χ0v) is 10.7. The lowest BCUT2D eigenvalue weighted by molar-refractivity contribution is 0.0558. The summed E-state index contributed by atoms with van der Waals surface area (Å²) in [5.41, 5.74) is 1.05. The number of rotatable bonds is 5. The minimum atomic E-state index is -0.339. The summed E-state index contributed by atoms with van der Waals surface area (Å²) in [6, 6.07) is 10.4. The third kappa shape index (κ3) is 3.08. The van der Waals surface area contributed by atoms with Gasteiger partial charge in [0.1, 0.15) is 0 Å². The van der Waals surface area contributed by atoms with Gasteiger partial charge in [0.2, 0.25) is 0 Å². The molecule has 1 N–H and O–H groups in total. The molecule has 0 spiro atoms. The maximum absolute atomic E-state index is 10.5. The van der Waals surface area contributed by atoms with Gasteiger partial charge in [0, 0.05) is 6.04 Å². The van der Waals surface area contributed by atoms with Crippen LogP contribution in [0.1, 0.15) is 44.3 Å². The molecule has 1 aliphatic heterocycles. The maximum atomic E-state index is 10.5. The summed E-state index contributed by atoms with van der Waals surface area (Å²) in [6.07, 6.45) is 4.43. The van der Waals surface area contributed by atoms with E-state index in [0.717, 1.165) is 31.5 Å². The molecule has 94 valence electrons. The topological polar surface area (TPSA) is 23.5 Å². The predicted molar refractivity (Wildman–Crippen MR) is 70.9 cm³/mol. The highest BCUT2D eigenvalue weighted by molar-refractivity contribution is 5.19. The van der Waals surface area contributed by atoms with Gasteiger partial charge < -0.3 is 5.11 Å². The van der Waals surface area contributed by atoms with Crippen LogP contribution in [0.2, 0.25) is 0 Å². The van der Waals surface area contributed by atoms with Crippen LogP contribution in [0.4, 0.5) is 0 Å². The second kappa shape index (κ2) is 6.18. The van der Waals surface area contributed by atoms with Crippen molar-refractivity contribution in [3.05, 3.63) is 35.9 Å². The zero-order chi connectivity index (χ0) is 12.1. The number of nitrogens with zero attached hydrogens (tertiary/aromatic N) is 1. The van der Waals surface area contributed by atoms with E-state index in [0.29, 0.717) is 6.04 Å². The summed E-state index contributed by atoms with van der Waals surface area (Å²) in [4.78, 5) is 2.46. The highest BCUT2D eigenvalue weighted by Crippen LogP contribution is 2.27. The van der Waals surface area contributed by atoms with Crippen molar-refractivity contribution in [2.75, 3.05) is 13.1 Å². The summed E-state index contributed by atoms with van der Waals surface area (Å²) in [7, 11) is 0. The minimum absolute atomic E-state index is 0.296. The standard InChI is InChI=1S/C15H23NO/c1-2-8-14(16-11-6-7-12-16)15(17)13-9-4-3-5-10-13/h3-5,9-10,14-15,17H,2,6-8,11-12H2,1H3/t14-,15-/m1/s1. The van der Waals surface area contributed by atoms with Gasteiger partial charge in [0.25, 0.3) is 0 Å². The summed E-state index contributed by atoms with van der Waals surface area (Å²) < 4.78 is 0. The highest BCUT2D eigenvalue weighted by atomic mass is 16.3. The molecule has 1 aromatic rings. The molecule has 0 aliphatic carbocycles. The fraction of sp³-hybridized carbons (Fsp3) is 0.600. The average Bonchev–Trinajstić information content (AvgIpc) is 2.90. The number of hydrogen-bond acceptors (Lipinski definition) is 2. The quantitative estimate of drug-likeness (QED) is 0.845. The molecular formula is C15H23NO. The maximum Gasteiger partial charge on any atom is 0.0945 e. The fourth-order valence-electron chi connectivity index (χ4n) is 2.78. The molecule has 0 saturated carbocycles. The Morgan fingerprint density at radius 1 is 1.18 bits per heavy atom. The van der Waals surface area contributed by atoms with E-state index in [-0.39, 0.29) is 6.10 Å². The van der Waals surface area contributed by atoms with Gasteiger partial charge in [-0.15, -0.1) is 0 Å². The van der Waals surface area contributed by atoms with Gasteiger partial charge in [-0.3, -0.25) is 4.90 Å². The molecule has 1 aliphatic rings. The van der Waals surface area contributed by atoms with Crippen molar-refractivity contribution in [2.45, 2.75) is 44.8 Å². The van der Waals surface area contributed by atoms with Crippen molar-refractivity contribution in [3.8, 4) is 0 Å². The first-order valence-corrected chi connectivity index (χ1v) is 6.80. The van der Waals surface area contributed by atoms with E-state index in [1.54, 1.807) is 0 Å².